The number of likely N-dealkylation sites (N-methyl/N-ethyl adjacent to an activating group) is 2. The number of carbonyl (C=O) groups excluding carboxylic acids is 2. The minimum absolute atomic E-state index is 0.0298. The second-order valence-electron chi connectivity index (χ2n) is 11.2. The third-order valence-corrected chi connectivity index (χ3v) is 8.26. The van der Waals surface area contributed by atoms with Crippen molar-refractivity contribution in [2.45, 2.75) is 78.0 Å². The highest BCUT2D eigenvalue weighted by Gasteiger charge is 2.40. The van der Waals surface area contributed by atoms with Crippen LogP contribution in [0.2, 0.25) is 0 Å². The van der Waals surface area contributed by atoms with Crippen LogP contribution >= 0.6 is 0 Å². The molecular weight excluding hydrogens is 518 g/mol. The average Bonchev–Trinajstić information content (AvgIpc) is 2.85. The molecule has 3 atom stereocenters. The van der Waals surface area contributed by atoms with Crippen molar-refractivity contribution in [3.05, 3.63) is 35.9 Å². The van der Waals surface area contributed by atoms with E-state index < -0.39 is 27.9 Å². The van der Waals surface area contributed by atoms with Crippen LogP contribution in [0.3, 0.4) is 0 Å². The van der Waals surface area contributed by atoms with E-state index >= 15 is 0 Å². The van der Waals surface area contributed by atoms with Gasteiger partial charge in [0.15, 0.2) is 0 Å². The van der Waals surface area contributed by atoms with Crippen LogP contribution in [0.25, 0.3) is 0 Å². The first-order chi connectivity index (χ1) is 18.2. The summed E-state index contributed by atoms with van der Waals surface area (Å²) in [6, 6.07) is 8.72. The molecule has 0 radical (unpaired) electrons. The Labute approximate surface area is 236 Å². The molecule has 0 aromatic heterocycles. The third kappa shape index (κ3) is 11.5. The summed E-state index contributed by atoms with van der Waals surface area (Å²) in [6.07, 6.45) is 1.04. The van der Waals surface area contributed by atoms with E-state index in [2.05, 4.69) is 10.0 Å². The minimum Gasteiger partial charge on any atom is -0.390 e. The summed E-state index contributed by atoms with van der Waals surface area (Å²) in [5, 5.41) is 14.4. The fourth-order valence-corrected chi connectivity index (χ4v) is 5.76. The predicted molar refractivity (Wildman–Crippen MR) is 156 cm³/mol. The van der Waals surface area contributed by atoms with Crippen LogP contribution in [-0.4, -0.2) is 104 Å². The molecule has 39 heavy (non-hydrogen) atoms. The molecule has 3 N–H and O–H groups in total. The Balaban J connectivity index is 3.33. The van der Waals surface area contributed by atoms with Crippen LogP contribution in [0.1, 0.15) is 59.4 Å². The summed E-state index contributed by atoms with van der Waals surface area (Å²) >= 11 is 0. The van der Waals surface area contributed by atoms with Crippen molar-refractivity contribution in [2.75, 3.05) is 47.3 Å². The molecular formula is C28H51N5O5S. The number of nitrogens with zero attached hydrogens (tertiary/aromatic N) is 3. The van der Waals surface area contributed by atoms with Crippen LogP contribution < -0.4 is 10.0 Å². The van der Waals surface area contributed by atoms with Crippen molar-refractivity contribution < 1.29 is 23.1 Å². The monoisotopic (exact) mass is 569 g/mol. The van der Waals surface area contributed by atoms with Gasteiger partial charge in [-0.2, -0.15) is 12.7 Å². The summed E-state index contributed by atoms with van der Waals surface area (Å²) in [5.41, 5.74) is -0.294. The number of hydrogen-bond donors (Lipinski definition) is 3. The lowest BCUT2D eigenvalue weighted by atomic mass is 9.93. The molecule has 0 bridgehead atoms. The SMILES string of the molecule is CCCCNS(=O)(=O)N(CC(C)C)C[C@@H](O)C(Cc1ccccc1)N(C)C(=O)[C@](C)(CC)NC(=O)CN(C)C. The van der Waals surface area contributed by atoms with Crippen molar-refractivity contribution in [1.82, 2.24) is 24.1 Å². The number of rotatable bonds is 18. The topological polar surface area (TPSA) is 122 Å². The third-order valence-electron chi connectivity index (χ3n) is 6.72. The number of carbonyl (C=O) groups is 2. The fourth-order valence-electron chi connectivity index (χ4n) is 4.33. The van der Waals surface area contributed by atoms with Gasteiger partial charge in [-0.3, -0.25) is 9.59 Å². The number of amides is 2. The van der Waals surface area contributed by atoms with Crippen molar-refractivity contribution in [3.63, 3.8) is 0 Å². The standard InChI is InChI=1S/C28H51N5O5S/c1-9-11-17-29-39(37,38)33(19-22(3)4)20-25(34)24(18-23-15-13-12-14-16-23)32(8)27(36)28(5,10-2)30-26(35)21-31(6)7/h12-16,22,24-25,29,34H,9-11,17-21H2,1-8H3,(H,30,35)/t24?,25-,28+/m1/s1. The molecule has 11 heteroatoms. The number of nitrogens with one attached hydrogen (secondary N) is 2. The highest BCUT2D eigenvalue weighted by Crippen LogP contribution is 2.20. The largest absolute Gasteiger partial charge is 0.390 e. The Bertz CT molecular complexity index is 989. The van der Waals surface area contributed by atoms with Crippen molar-refractivity contribution >= 4 is 22.0 Å². The van der Waals surface area contributed by atoms with E-state index in [1.807, 2.05) is 58.0 Å². The van der Waals surface area contributed by atoms with Gasteiger partial charge in [-0.1, -0.05) is 64.4 Å². The van der Waals surface area contributed by atoms with E-state index in [-0.39, 0.29) is 37.4 Å². The molecule has 0 spiro atoms. The van der Waals surface area contributed by atoms with E-state index in [9.17, 15) is 23.1 Å². The molecule has 10 nitrogen and oxygen atoms in total. The van der Waals surface area contributed by atoms with Gasteiger partial charge < -0.3 is 20.2 Å². The second-order valence-corrected chi connectivity index (χ2v) is 12.9. The van der Waals surface area contributed by atoms with Crippen LogP contribution in [0, 0.1) is 5.92 Å². The van der Waals surface area contributed by atoms with Gasteiger partial charge in [0.05, 0.1) is 18.7 Å². The minimum atomic E-state index is -3.84. The average molecular weight is 570 g/mol. The zero-order valence-electron chi connectivity index (χ0n) is 25.1. The van der Waals surface area contributed by atoms with E-state index in [1.165, 1.54) is 9.21 Å². The molecule has 0 fully saturated rings. The number of aliphatic hydroxyl groups excluding tert-OH is 1. The molecule has 224 valence electrons. The van der Waals surface area contributed by atoms with Gasteiger partial charge in [0.1, 0.15) is 5.54 Å². The summed E-state index contributed by atoms with van der Waals surface area (Å²) in [4.78, 5) is 29.6. The maximum Gasteiger partial charge on any atom is 0.279 e. The highest BCUT2D eigenvalue weighted by atomic mass is 32.2. The Kier molecular flexibility index (Phi) is 14.6. The zero-order valence-corrected chi connectivity index (χ0v) is 25.9. The molecule has 2 amide bonds. The Morgan fingerprint density at radius 3 is 2.18 bits per heavy atom. The van der Waals surface area contributed by atoms with Crippen molar-refractivity contribution in [1.29, 1.82) is 0 Å². The summed E-state index contributed by atoms with van der Waals surface area (Å²) < 4.78 is 30.2. The maximum atomic E-state index is 13.8. The van der Waals surface area contributed by atoms with Crippen molar-refractivity contribution in [2.24, 2.45) is 5.92 Å². The lowest BCUT2D eigenvalue weighted by Crippen LogP contribution is -2.62. The summed E-state index contributed by atoms with van der Waals surface area (Å²) in [7, 11) is 1.31. The predicted octanol–water partition coefficient (Wildman–Crippen LogP) is 1.86. The van der Waals surface area contributed by atoms with E-state index in [1.54, 1.807) is 33.0 Å². The first kappa shape index (κ1) is 35.0. The number of benzene rings is 1. The summed E-state index contributed by atoms with van der Waals surface area (Å²) in [5.74, 6) is -0.600. The van der Waals surface area contributed by atoms with Crippen LogP contribution in [0.15, 0.2) is 30.3 Å². The smallest absolute Gasteiger partial charge is 0.279 e. The van der Waals surface area contributed by atoms with Crippen LogP contribution in [0.5, 0.6) is 0 Å². The maximum absolute atomic E-state index is 13.8. The van der Waals surface area contributed by atoms with E-state index in [0.29, 0.717) is 25.8 Å². The Morgan fingerprint density at radius 2 is 1.67 bits per heavy atom. The quantitative estimate of drug-likeness (QED) is 0.232. The van der Waals surface area contributed by atoms with Gasteiger partial charge in [-0.05, 0) is 51.8 Å². The molecule has 1 rings (SSSR count). The first-order valence-corrected chi connectivity index (χ1v) is 15.3. The molecule has 1 aromatic carbocycles. The molecule has 0 aliphatic heterocycles. The molecule has 1 unspecified atom stereocenters. The molecule has 1 aromatic rings. The van der Waals surface area contributed by atoms with Crippen LogP contribution in [-0.2, 0) is 26.2 Å². The fraction of sp³-hybridized carbons (Fsp3) is 0.714. The first-order valence-electron chi connectivity index (χ1n) is 13.9. The van der Waals surface area contributed by atoms with Gasteiger partial charge in [-0.15, -0.1) is 0 Å². The number of aliphatic hydroxyl groups is 1. The Morgan fingerprint density at radius 1 is 1.05 bits per heavy atom. The molecule has 0 saturated heterocycles. The van der Waals surface area contributed by atoms with Gasteiger partial charge in [-0.25, -0.2) is 4.72 Å². The Hall–Kier alpha value is -2.05. The van der Waals surface area contributed by atoms with Crippen molar-refractivity contribution in [3.8, 4) is 0 Å². The highest BCUT2D eigenvalue weighted by molar-refractivity contribution is 7.87. The lowest BCUT2D eigenvalue weighted by Gasteiger charge is -2.40. The zero-order chi connectivity index (χ0) is 29.8. The van der Waals surface area contributed by atoms with E-state index in [0.717, 1.165) is 12.0 Å². The lowest BCUT2D eigenvalue weighted by molar-refractivity contribution is -0.144. The van der Waals surface area contributed by atoms with Gasteiger partial charge in [0.25, 0.3) is 10.2 Å². The number of hydrogen-bond acceptors (Lipinski definition) is 6. The van der Waals surface area contributed by atoms with Gasteiger partial charge in [0, 0.05) is 26.7 Å². The van der Waals surface area contributed by atoms with E-state index in [4.69, 9.17) is 0 Å². The molecule has 0 saturated carbocycles. The molecule has 0 aliphatic carbocycles. The molecule has 0 aliphatic rings. The second kappa shape index (κ2) is 16.3. The summed E-state index contributed by atoms with van der Waals surface area (Å²) in [6.45, 7) is 9.82. The molecule has 0 heterocycles. The normalized spacial score (nSPS) is 15.3. The van der Waals surface area contributed by atoms with Gasteiger partial charge in [0.2, 0.25) is 11.8 Å². The number of unbranched alkanes of at least 4 members (excludes halogenated alkanes) is 1. The van der Waals surface area contributed by atoms with Gasteiger partial charge >= 0.3 is 0 Å². The van der Waals surface area contributed by atoms with Crippen LogP contribution in [0.4, 0.5) is 0 Å².